The van der Waals surface area contributed by atoms with Crippen molar-refractivity contribution >= 4 is 16.7 Å². The summed E-state index contributed by atoms with van der Waals surface area (Å²) in [6.07, 6.45) is 1.80. The van der Waals surface area contributed by atoms with Gasteiger partial charge in [-0.25, -0.2) is 4.39 Å². The van der Waals surface area contributed by atoms with Crippen molar-refractivity contribution in [3.05, 3.63) is 29.7 Å². The van der Waals surface area contributed by atoms with Crippen LogP contribution >= 0.6 is 0 Å². The van der Waals surface area contributed by atoms with Crippen molar-refractivity contribution in [2.24, 2.45) is 12.8 Å². The highest BCUT2D eigenvalue weighted by Crippen LogP contribution is 2.18. The molecule has 0 aliphatic carbocycles. The largest absolute Gasteiger partial charge is 0.387 e. The molecule has 1 aromatic heterocycles. The van der Waals surface area contributed by atoms with Crippen LogP contribution in [0.1, 0.15) is 5.56 Å². The minimum Gasteiger partial charge on any atom is -0.387 e. The van der Waals surface area contributed by atoms with E-state index in [9.17, 15) is 4.39 Å². The summed E-state index contributed by atoms with van der Waals surface area (Å²) in [6.45, 7) is 0. The summed E-state index contributed by atoms with van der Waals surface area (Å²) < 4.78 is 15.2. The van der Waals surface area contributed by atoms with Gasteiger partial charge in [0.25, 0.3) is 0 Å². The molecule has 0 aliphatic rings. The number of hydrogen-bond donors (Lipinski definition) is 2. The quantitative estimate of drug-likeness (QED) is 0.572. The zero-order valence-corrected chi connectivity index (χ0v) is 8.29. The zero-order chi connectivity index (χ0) is 11.0. The van der Waals surface area contributed by atoms with Gasteiger partial charge in [-0.15, -0.1) is 0 Å². The van der Waals surface area contributed by atoms with Crippen LogP contribution < -0.4 is 5.73 Å². The second-order valence-corrected chi connectivity index (χ2v) is 3.47. The molecule has 0 aliphatic heterocycles. The van der Waals surface area contributed by atoms with E-state index in [1.165, 1.54) is 6.07 Å². The maximum atomic E-state index is 13.5. The van der Waals surface area contributed by atoms with Crippen LogP contribution in [-0.4, -0.2) is 15.6 Å². The summed E-state index contributed by atoms with van der Waals surface area (Å²) in [5, 5.41) is 12.0. The molecule has 2 rings (SSSR count). The van der Waals surface area contributed by atoms with Gasteiger partial charge < -0.3 is 5.73 Å². The Morgan fingerprint density at radius 2 is 2.33 bits per heavy atom. The topological polar surface area (TPSA) is 67.7 Å². The Morgan fingerprint density at radius 1 is 1.60 bits per heavy atom. The molecule has 5 heteroatoms. The van der Waals surface area contributed by atoms with Gasteiger partial charge >= 0.3 is 0 Å². The smallest absolute Gasteiger partial charge is 0.129 e. The average Bonchev–Trinajstić information content (AvgIpc) is 2.48. The van der Waals surface area contributed by atoms with Crippen LogP contribution in [0.15, 0.2) is 18.3 Å². The van der Waals surface area contributed by atoms with E-state index in [4.69, 9.17) is 11.1 Å². The van der Waals surface area contributed by atoms with Gasteiger partial charge in [-0.3, -0.25) is 10.1 Å². The van der Waals surface area contributed by atoms with Gasteiger partial charge in [0.1, 0.15) is 5.82 Å². The molecule has 15 heavy (non-hydrogen) atoms. The number of hydrogen-bond acceptors (Lipinski definition) is 2. The number of aromatic nitrogens is 2. The van der Waals surface area contributed by atoms with Crippen LogP contribution in [0.4, 0.5) is 4.39 Å². The van der Waals surface area contributed by atoms with Crippen LogP contribution in [0.2, 0.25) is 0 Å². The van der Waals surface area contributed by atoms with Crippen LogP contribution in [0.5, 0.6) is 0 Å². The Hall–Kier alpha value is -1.91. The van der Waals surface area contributed by atoms with E-state index in [2.05, 4.69) is 5.10 Å². The van der Waals surface area contributed by atoms with Crippen molar-refractivity contribution in [3.8, 4) is 0 Å². The third-order valence-corrected chi connectivity index (χ3v) is 2.30. The van der Waals surface area contributed by atoms with E-state index in [-0.39, 0.29) is 18.1 Å². The van der Waals surface area contributed by atoms with Crippen LogP contribution in [0.3, 0.4) is 0 Å². The predicted octanol–water partition coefficient (Wildman–Crippen LogP) is 1.19. The second-order valence-electron chi connectivity index (χ2n) is 3.47. The van der Waals surface area contributed by atoms with E-state index in [1.807, 2.05) is 0 Å². The van der Waals surface area contributed by atoms with Gasteiger partial charge in [0, 0.05) is 24.9 Å². The molecule has 0 atom stereocenters. The molecule has 3 N–H and O–H groups in total. The normalized spacial score (nSPS) is 10.8. The average molecular weight is 206 g/mol. The number of rotatable bonds is 2. The van der Waals surface area contributed by atoms with Crippen molar-refractivity contribution in [1.82, 2.24) is 9.78 Å². The van der Waals surface area contributed by atoms with Crippen molar-refractivity contribution < 1.29 is 4.39 Å². The first-order valence-electron chi connectivity index (χ1n) is 4.51. The summed E-state index contributed by atoms with van der Waals surface area (Å²) in [4.78, 5) is 0. The Kier molecular flexibility index (Phi) is 2.15. The lowest BCUT2D eigenvalue weighted by atomic mass is 10.1. The summed E-state index contributed by atoms with van der Waals surface area (Å²) in [6, 6.07) is 3.10. The van der Waals surface area contributed by atoms with Gasteiger partial charge in [0.15, 0.2) is 0 Å². The van der Waals surface area contributed by atoms with Gasteiger partial charge in [-0.05, 0) is 11.6 Å². The molecule has 0 bridgehead atoms. The molecule has 2 aromatic rings. The summed E-state index contributed by atoms with van der Waals surface area (Å²) >= 11 is 0. The van der Waals surface area contributed by atoms with Crippen molar-refractivity contribution in [3.63, 3.8) is 0 Å². The fraction of sp³-hybridized carbons (Fsp3) is 0.200. The lowest BCUT2D eigenvalue weighted by Crippen LogP contribution is -2.13. The Morgan fingerprint density at radius 3 is 3.00 bits per heavy atom. The number of amidine groups is 1. The number of aryl methyl sites for hydroxylation is 1. The lowest BCUT2D eigenvalue weighted by Gasteiger charge is -2.02. The molecule has 1 aromatic carbocycles. The predicted molar refractivity (Wildman–Crippen MR) is 56.3 cm³/mol. The first-order valence-corrected chi connectivity index (χ1v) is 4.51. The Balaban J connectivity index is 2.57. The third-order valence-electron chi connectivity index (χ3n) is 2.30. The van der Waals surface area contributed by atoms with Crippen LogP contribution in [0.25, 0.3) is 10.9 Å². The second kappa shape index (κ2) is 3.34. The van der Waals surface area contributed by atoms with E-state index in [1.54, 1.807) is 24.0 Å². The van der Waals surface area contributed by atoms with Crippen molar-refractivity contribution in [2.75, 3.05) is 0 Å². The summed E-state index contributed by atoms with van der Waals surface area (Å²) in [7, 11) is 1.76. The number of fused-ring (bicyclic) bond motifs is 1. The number of halogens is 1. The van der Waals surface area contributed by atoms with E-state index >= 15 is 0 Å². The molecule has 0 unspecified atom stereocenters. The summed E-state index contributed by atoms with van der Waals surface area (Å²) in [5.74, 6) is -0.390. The van der Waals surface area contributed by atoms with Crippen molar-refractivity contribution in [2.45, 2.75) is 6.42 Å². The third kappa shape index (κ3) is 1.68. The maximum absolute atomic E-state index is 13.5. The summed E-state index contributed by atoms with van der Waals surface area (Å²) in [5.41, 5.74) is 6.41. The van der Waals surface area contributed by atoms with Gasteiger partial charge in [0.05, 0.1) is 17.5 Å². The molecule has 4 nitrogen and oxygen atoms in total. The molecule has 0 amide bonds. The molecule has 0 saturated heterocycles. The Bertz CT molecular complexity index is 529. The minimum absolute atomic E-state index is 0.0443. The number of nitrogens with two attached hydrogens (primary N) is 1. The minimum atomic E-state index is -0.346. The molecule has 0 saturated carbocycles. The molecular formula is C10H11FN4. The van der Waals surface area contributed by atoms with E-state index in [0.717, 1.165) is 10.9 Å². The number of nitrogens with zero attached hydrogens (tertiary/aromatic N) is 2. The highest BCUT2D eigenvalue weighted by Gasteiger charge is 2.08. The lowest BCUT2D eigenvalue weighted by molar-refractivity contribution is 0.616. The highest BCUT2D eigenvalue weighted by atomic mass is 19.1. The molecule has 0 spiro atoms. The molecule has 1 heterocycles. The van der Waals surface area contributed by atoms with E-state index < -0.39 is 0 Å². The van der Waals surface area contributed by atoms with Crippen LogP contribution in [-0.2, 0) is 13.5 Å². The SMILES string of the molecule is Cn1ncc2cc(CC(=N)N)c(F)cc21. The van der Waals surface area contributed by atoms with Crippen LogP contribution in [0, 0.1) is 11.2 Å². The fourth-order valence-corrected chi connectivity index (χ4v) is 1.56. The fourth-order valence-electron chi connectivity index (χ4n) is 1.56. The van der Waals surface area contributed by atoms with Crippen molar-refractivity contribution in [1.29, 1.82) is 5.41 Å². The standard InChI is InChI=1S/C10H11FN4/c1-15-9-4-8(11)6(3-10(12)13)2-7(9)5-14-15/h2,4-5H,3H2,1H3,(H3,12,13). The van der Waals surface area contributed by atoms with Gasteiger partial charge in [0.2, 0.25) is 0 Å². The van der Waals surface area contributed by atoms with Gasteiger partial charge in [-0.2, -0.15) is 5.10 Å². The Labute approximate surface area is 86.0 Å². The molecule has 0 fully saturated rings. The first kappa shape index (κ1) is 9.64. The van der Waals surface area contributed by atoms with E-state index in [0.29, 0.717) is 5.56 Å². The zero-order valence-electron chi connectivity index (χ0n) is 8.29. The first-order chi connectivity index (χ1) is 7.08. The monoisotopic (exact) mass is 206 g/mol. The molecular weight excluding hydrogens is 195 g/mol. The molecule has 78 valence electrons. The maximum Gasteiger partial charge on any atom is 0.129 e. The number of benzene rings is 1. The van der Waals surface area contributed by atoms with Gasteiger partial charge in [-0.1, -0.05) is 0 Å². The highest BCUT2D eigenvalue weighted by molar-refractivity contribution is 5.83. The number of nitrogens with one attached hydrogen (secondary N) is 1. The molecule has 0 radical (unpaired) electrons.